The second-order valence-corrected chi connectivity index (χ2v) is 9.30. The van der Waals surface area contributed by atoms with Gasteiger partial charge in [0.1, 0.15) is 23.9 Å². The van der Waals surface area contributed by atoms with E-state index in [-0.39, 0.29) is 25.0 Å². The highest BCUT2D eigenvalue weighted by Gasteiger charge is 2.31. The molecule has 38 heavy (non-hydrogen) atoms. The van der Waals surface area contributed by atoms with Crippen LogP contribution >= 0.6 is 11.8 Å². The van der Waals surface area contributed by atoms with Gasteiger partial charge in [-0.1, -0.05) is 12.1 Å². The fourth-order valence-corrected chi connectivity index (χ4v) is 3.69. The molecule has 0 bridgehead atoms. The van der Waals surface area contributed by atoms with Crippen LogP contribution in [0.5, 0.6) is 5.75 Å². The number of phenols is 1. The van der Waals surface area contributed by atoms with Crippen LogP contribution in [0.15, 0.2) is 24.3 Å². The maximum absolute atomic E-state index is 13.0. The highest BCUT2D eigenvalue weighted by atomic mass is 32.2. The van der Waals surface area contributed by atoms with Gasteiger partial charge in [0.05, 0.1) is 12.5 Å². The van der Waals surface area contributed by atoms with Crippen LogP contribution in [0.2, 0.25) is 0 Å². The van der Waals surface area contributed by atoms with Crippen molar-refractivity contribution >= 4 is 47.4 Å². The number of aromatic hydroxyl groups is 1. The predicted molar refractivity (Wildman–Crippen MR) is 135 cm³/mol. The number of rotatable bonds is 17. The third kappa shape index (κ3) is 11.9. The molecule has 0 radical (unpaired) electrons. The Morgan fingerprint density at radius 1 is 0.816 bits per heavy atom. The Hall–Kier alpha value is -3.85. The van der Waals surface area contributed by atoms with E-state index >= 15 is 0 Å². The number of phenolic OH excluding ortho intramolecular Hbond substituents is 1. The Kier molecular flexibility index (Phi) is 13.6. The van der Waals surface area contributed by atoms with E-state index in [1.54, 1.807) is 18.4 Å². The second-order valence-electron chi connectivity index (χ2n) is 8.31. The fraction of sp³-hybridized carbons (Fsp3) is 0.478. The van der Waals surface area contributed by atoms with Crippen LogP contribution in [0.4, 0.5) is 0 Å². The summed E-state index contributed by atoms with van der Waals surface area (Å²) in [6.07, 6.45) is 0.114. The number of nitrogens with two attached hydrogens (primary N) is 1. The van der Waals surface area contributed by atoms with Gasteiger partial charge in [-0.3, -0.25) is 24.0 Å². The van der Waals surface area contributed by atoms with Gasteiger partial charge in [-0.25, -0.2) is 4.79 Å². The Bertz CT molecular complexity index is 1000. The average molecular weight is 557 g/mol. The summed E-state index contributed by atoms with van der Waals surface area (Å²) in [5, 5.41) is 43.4. The number of carbonyl (C=O) groups is 6. The van der Waals surface area contributed by atoms with Crippen molar-refractivity contribution in [3.63, 3.8) is 0 Å². The summed E-state index contributed by atoms with van der Waals surface area (Å²) in [5.74, 6) is -6.50. The van der Waals surface area contributed by atoms with Crippen molar-refractivity contribution in [2.45, 2.75) is 56.3 Å². The first-order chi connectivity index (χ1) is 17.8. The largest absolute Gasteiger partial charge is 0.508 e. The van der Waals surface area contributed by atoms with Gasteiger partial charge in [-0.15, -0.1) is 0 Å². The maximum Gasteiger partial charge on any atom is 0.326 e. The molecule has 3 amide bonds. The van der Waals surface area contributed by atoms with Gasteiger partial charge >= 0.3 is 17.9 Å². The zero-order valence-corrected chi connectivity index (χ0v) is 21.4. The maximum atomic E-state index is 13.0. The molecule has 4 unspecified atom stereocenters. The molecule has 1 rings (SSSR count). The molecular formula is C23H32N4O10S. The van der Waals surface area contributed by atoms with Gasteiger partial charge in [0.2, 0.25) is 17.7 Å². The molecule has 0 fully saturated rings. The molecule has 0 aliphatic heterocycles. The molecule has 0 aromatic heterocycles. The molecule has 0 spiro atoms. The summed E-state index contributed by atoms with van der Waals surface area (Å²) in [5.41, 5.74) is 6.56. The van der Waals surface area contributed by atoms with Crippen molar-refractivity contribution < 1.29 is 49.2 Å². The van der Waals surface area contributed by atoms with Crippen molar-refractivity contribution in [3.05, 3.63) is 29.8 Å². The number of carbonyl (C=O) groups excluding carboxylic acids is 3. The summed E-state index contributed by atoms with van der Waals surface area (Å²) in [6, 6.07) is 0.393. The smallest absolute Gasteiger partial charge is 0.326 e. The number of amides is 3. The van der Waals surface area contributed by atoms with Gasteiger partial charge in [-0.2, -0.15) is 11.8 Å². The molecule has 4 atom stereocenters. The van der Waals surface area contributed by atoms with Crippen LogP contribution < -0.4 is 21.7 Å². The number of nitrogens with one attached hydrogen (secondary N) is 3. The average Bonchev–Trinajstić information content (AvgIpc) is 2.84. The number of thioether (sulfide) groups is 1. The van der Waals surface area contributed by atoms with Crippen molar-refractivity contribution in [3.8, 4) is 5.75 Å². The Morgan fingerprint density at radius 3 is 1.84 bits per heavy atom. The number of aliphatic carboxylic acids is 3. The predicted octanol–water partition coefficient (Wildman–Crippen LogP) is -1.11. The molecule has 9 N–H and O–H groups in total. The highest BCUT2D eigenvalue weighted by molar-refractivity contribution is 7.98. The lowest BCUT2D eigenvalue weighted by atomic mass is 10.0. The normalized spacial score (nSPS) is 13.8. The van der Waals surface area contributed by atoms with Gasteiger partial charge in [0.25, 0.3) is 0 Å². The number of hydrogen-bond acceptors (Lipinski definition) is 9. The van der Waals surface area contributed by atoms with E-state index in [4.69, 9.17) is 15.9 Å². The Balaban J connectivity index is 2.99. The van der Waals surface area contributed by atoms with Crippen molar-refractivity contribution in [2.24, 2.45) is 5.73 Å². The minimum atomic E-state index is -1.74. The summed E-state index contributed by atoms with van der Waals surface area (Å²) < 4.78 is 0. The summed E-state index contributed by atoms with van der Waals surface area (Å²) in [7, 11) is 0. The first kappa shape index (κ1) is 32.2. The van der Waals surface area contributed by atoms with E-state index in [9.17, 15) is 39.0 Å². The number of benzene rings is 1. The van der Waals surface area contributed by atoms with E-state index in [0.717, 1.165) is 0 Å². The Morgan fingerprint density at radius 2 is 1.34 bits per heavy atom. The van der Waals surface area contributed by atoms with Crippen LogP contribution in [0.25, 0.3) is 0 Å². The molecule has 1 aromatic carbocycles. The first-order valence-corrected chi connectivity index (χ1v) is 12.8. The topological polar surface area (TPSA) is 245 Å². The number of carboxylic acid groups (broad SMARTS) is 3. The Labute approximate surface area is 222 Å². The standard InChI is InChI=1S/C23H32N4O10S/c1-38-9-8-16(22(35)27-17(23(36)37)11-19(31)32)26-21(34)15(6-7-18(29)30)25-20(33)14(24)10-12-2-4-13(28)5-3-12/h2-5,14-17,28H,6-11,24H2,1H3,(H,25,33)(H,26,34)(H,27,35)(H,29,30)(H,31,32)(H,36,37). The van der Waals surface area contributed by atoms with Crippen molar-refractivity contribution in [1.29, 1.82) is 0 Å². The zero-order chi connectivity index (χ0) is 28.8. The number of carboxylic acids is 3. The lowest BCUT2D eigenvalue weighted by molar-refractivity contribution is -0.147. The second kappa shape index (κ2) is 16.1. The monoisotopic (exact) mass is 556 g/mol. The van der Waals surface area contributed by atoms with Crippen LogP contribution in [-0.2, 0) is 35.2 Å². The van der Waals surface area contributed by atoms with E-state index in [1.807, 2.05) is 0 Å². The van der Waals surface area contributed by atoms with Crippen LogP contribution in [0, 0.1) is 0 Å². The summed E-state index contributed by atoms with van der Waals surface area (Å²) >= 11 is 1.33. The quantitative estimate of drug-likeness (QED) is 0.114. The molecule has 1 aromatic rings. The molecule has 0 saturated heterocycles. The molecule has 0 saturated carbocycles. The van der Waals surface area contributed by atoms with Crippen LogP contribution in [0.3, 0.4) is 0 Å². The van der Waals surface area contributed by atoms with Gasteiger partial charge in [0.15, 0.2) is 0 Å². The molecule has 0 heterocycles. The van der Waals surface area contributed by atoms with E-state index in [1.165, 1.54) is 23.9 Å². The molecular weight excluding hydrogens is 524 g/mol. The molecule has 0 aliphatic carbocycles. The molecule has 15 heteroatoms. The first-order valence-electron chi connectivity index (χ1n) is 11.4. The van der Waals surface area contributed by atoms with E-state index in [0.29, 0.717) is 11.3 Å². The van der Waals surface area contributed by atoms with Gasteiger partial charge in [0, 0.05) is 6.42 Å². The molecule has 14 nitrogen and oxygen atoms in total. The molecule has 0 aliphatic rings. The SMILES string of the molecule is CSCCC(NC(=O)C(CCC(=O)O)NC(=O)C(N)Cc1ccc(O)cc1)C(=O)NC(CC(=O)O)C(=O)O. The van der Waals surface area contributed by atoms with Crippen molar-refractivity contribution in [2.75, 3.05) is 12.0 Å². The fourth-order valence-electron chi connectivity index (χ4n) is 3.22. The van der Waals surface area contributed by atoms with Gasteiger partial charge < -0.3 is 42.1 Å². The summed E-state index contributed by atoms with van der Waals surface area (Å²) in [4.78, 5) is 71.7. The van der Waals surface area contributed by atoms with E-state index < -0.39 is 72.6 Å². The van der Waals surface area contributed by atoms with E-state index in [2.05, 4.69) is 16.0 Å². The van der Waals surface area contributed by atoms with Crippen LogP contribution in [0.1, 0.15) is 31.2 Å². The minimum Gasteiger partial charge on any atom is -0.508 e. The zero-order valence-electron chi connectivity index (χ0n) is 20.6. The van der Waals surface area contributed by atoms with Gasteiger partial charge in [-0.05, 0) is 49.0 Å². The lowest BCUT2D eigenvalue weighted by Gasteiger charge is -2.25. The summed E-state index contributed by atoms with van der Waals surface area (Å²) in [6.45, 7) is 0. The third-order valence-corrected chi connectivity index (χ3v) is 5.89. The van der Waals surface area contributed by atoms with Crippen molar-refractivity contribution in [1.82, 2.24) is 16.0 Å². The lowest BCUT2D eigenvalue weighted by Crippen LogP contribution is -2.57. The van der Waals surface area contributed by atoms with Crippen LogP contribution in [-0.4, -0.2) is 92.2 Å². The third-order valence-electron chi connectivity index (χ3n) is 5.25. The highest BCUT2D eigenvalue weighted by Crippen LogP contribution is 2.11. The molecule has 210 valence electrons. The minimum absolute atomic E-state index is 0.0230. The number of hydrogen-bond donors (Lipinski definition) is 8.